The van der Waals surface area contributed by atoms with Crippen LogP contribution in [0, 0.1) is 5.92 Å². The number of piperidine rings is 1. The van der Waals surface area contributed by atoms with Crippen molar-refractivity contribution in [2.24, 2.45) is 5.92 Å². The van der Waals surface area contributed by atoms with E-state index in [4.69, 9.17) is 9.84 Å². The van der Waals surface area contributed by atoms with Crippen molar-refractivity contribution in [3.63, 3.8) is 0 Å². The van der Waals surface area contributed by atoms with E-state index in [-0.39, 0.29) is 18.1 Å². The number of carboxylic acid groups (broad SMARTS) is 1. The highest BCUT2D eigenvalue weighted by Gasteiger charge is 2.33. The summed E-state index contributed by atoms with van der Waals surface area (Å²) < 4.78 is 5.68. The zero-order valence-electron chi connectivity index (χ0n) is 11.8. The van der Waals surface area contributed by atoms with Crippen LogP contribution >= 0.6 is 0 Å². The van der Waals surface area contributed by atoms with Crippen LogP contribution in [-0.4, -0.2) is 48.8 Å². The average molecular weight is 284 g/mol. The fraction of sp³-hybridized carbons (Fsp3) is 0.857. The Morgan fingerprint density at radius 2 is 1.95 bits per heavy atom. The van der Waals surface area contributed by atoms with Gasteiger partial charge in [-0.25, -0.2) is 0 Å². The van der Waals surface area contributed by atoms with Gasteiger partial charge >= 0.3 is 5.97 Å². The van der Waals surface area contributed by atoms with Crippen molar-refractivity contribution in [3.05, 3.63) is 0 Å². The zero-order chi connectivity index (χ0) is 14.4. The summed E-state index contributed by atoms with van der Waals surface area (Å²) in [6.45, 7) is 2.36. The molecular weight excluding hydrogens is 260 g/mol. The zero-order valence-corrected chi connectivity index (χ0v) is 11.8. The minimum absolute atomic E-state index is 0.0999. The van der Waals surface area contributed by atoms with Gasteiger partial charge < -0.3 is 20.5 Å². The van der Waals surface area contributed by atoms with Crippen molar-refractivity contribution < 1.29 is 19.4 Å². The first-order chi connectivity index (χ1) is 9.66. The van der Waals surface area contributed by atoms with E-state index >= 15 is 0 Å². The molecule has 1 amide bonds. The molecule has 2 rings (SSSR count). The number of carboxylic acids is 1. The predicted molar refractivity (Wildman–Crippen MR) is 73.4 cm³/mol. The largest absolute Gasteiger partial charge is 0.481 e. The van der Waals surface area contributed by atoms with Gasteiger partial charge in [0.25, 0.3) is 0 Å². The number of carbonyl (C=O) groups excluding carboxylic acids is 1. The molecule has 0 aromatic rings. The highest BCUT2D eigenvalue weighted by atomic mass is 16.5. The Morgan fingerprint density at radius 1 is 1.20 bits per heavy atom. The fourth-order valence-electron chi connectivity index (χ4n) is 2.99. The Balaban J connectivity index is 1.63. The first-order valence-corrected chi connectivity index (χ1v) is 7.51. The van der Waals surface area contributed by atoms with Crippen molar-refractivity contribution in [2.75, 3.05) is 19.7 Å². The summed E-state index contributed by atoms with van der Waals surface area (Å²) in [6, 6.07) is -0.209. The van der Waals surface area contributed by atoms with Gasteiger partial charge in [-0.05, 0) is 38.8 Å². The molecule has 6 nitrogen and oxygen atoms in total. The van der Waals surface area contributed by atoms with E-state index in [2.05, 4.69) is 10.6 Å². The van der Waals surface area contributed by atoms with Crippen LogP contribution in [0.15, 0.2) is 0 Å². The molecule has 20 heavy (non-hydrogen) atoms. The second-order valence-corrected chi connectivity index (χ2v) is 5.62. The summed E-state index contributed by atoms with van der Waals surface area (Å²) >= 11 is 0. The molecule has 0 aromatic carbocycles. The minimum atomic E-state index is -0.807. The van der Waals surface area contributed by atoms with E-state index in [9.17, 15) is 9.59 Å². The molecule has 1 aliphatic carbocycles. The molecule has 0 radical (unpaired) electrons. The van der Waals surface area contributed by atoms with Crippen LogP contribution in [0.1, 0.15) is 38.5 Å². The Labute approximate surface area is 119 Å². The van der Waals surface area contributed by atoms with Crippen molar-refractivity contribution in [1.82, 2.24) is 10.6 Å². The first-order valence-electron chi connectivity index (χ1n) is 7.51. The maximum atomic E-state index is 11.8. The van der Waals surface area contributed by atoms with Gasteiger partial charge in [0.1, 0.15) is 0 Å². The number of amides is 1. The Hall–Kier alpha value is -1.14. The summed E-state index contributed by atoms with van der Waals surface area (Å²) in [5.41, 5.74) is 0. The van der Waals surface area contributed by atoms with Crippen molar-refractivity contribution in [3.8, 4) is 0 Å². The molecule has 2 fully saturated rings. The number of aliphatic carboxylic acids is 1. The molecule has 1 saturated heterocycles. The topological polar surface area (TPSA) is 87.7 Å². The van der Waals surface area contributed by atoms with Crippen LogP contribution in [0.25, 0.3) is 0 Å². The smallest absolute Gasteiger partial charge is 0.308 e. The van der Waals surface area contributed by atoms with Crippen LogP contribution in [0.2, 0.25) is 0 Å². The summed E-state index contributed by atoms with van der Waals surface area (Å²) in [5.74, 6) is -1.33. The molecule has 2 aliphatic rings. The van der Waals surface area contributed by atoms with Crippen molar-refractivity contribution in [2.45, 2.75) is 50.7 Å². The second kappa shape index (κ2) is 7.59. The maximum absolute atomic E-state index is 11.8. The van der Waals surface area contributed by atoms with E-state index in [1.54, 1.807) is 0 Å². The summed E-state index contributed by atoms with van der Waals surface area (Å²) in [5, 5.41) is 15.2. The van der Waals surface area contributed by atoms with Gasteiger partial charge in [-0.15, -0.1) is 0 Å². The van der Waals surface area contributed by atoms with Gasteiger partial charge in [-0.2, -0.15) is 0 Å². The predicted octanol–water partition coefficient (Wildman–Crippen LogP) is 0.515. The Kier molecular flexibility index (Phi) is 5.79. The standard InChI is InChI=1S/C14H24N2O4/c17-13(6-9-20-10-4-7-15-8-5-10)16-12-3-1-2-11(12)14(18)19/h10-12,15H,1-9H2,(H,16,17)(H,18,19). The van der Waals surface area contributed by atoms with Gasteiger partial charge in [0.15, 0.2) is 0 Å². The van der Waals surface area contributed by atoms with E-state index < -0.39 is 11.9 Å². The molecule has 1 heterocycles. The number of ether oxygens (including phenoxy) is 1. The lowest BCUT2D eigenvalue weighted by atomic mass is 10.0. The maximum Gasteiger partial charge on any atom is 0.308 e. The third-order valence-corrected chi connectivity index (χ3v) is 4.15. The number of hydrogen-bond donors (Lipinski definition) is 3. The monoisotopic (exact) mass is 284 g/mol. The van der Waals surface area contributed by atoms with Crippen LogP contribution in [0.3, 0.4) is 0 Å². The molecule has 2 atom stereocenters. The quantitative estimate of drug-likeness (QED) is 0.661. The molecule has 2 unspecified atom stereocenters. The van der Waals surface area contributed by atoms with E-state index in [1.165, 1.54) is 0 Å². The normalized spacial score (nSPS) is 27.4. The molecule has 3 N–H and O–H groups in total. The lowest BCUT2D eigenvalue weighted by molar-refractivity contribution is -0.142. The van der Waals surface area contributed by atoms with Crippen LogP contribution in [-0.2, 0) is 14.3 Å². The molecular formula is C14H24N2O4. The van der Waals surface area contributed by atoms with Gasteiger partial charge in [-0.3, -0.25) is 9.59 Å². The molecule has 6 heteroatoms. The lowest BCUT2D eigenvalue weighted by Crippen LogP contribution is -2.40. The Morgan fingerprint density at radius 3 is 2.65 bits per heavy atom. The summed E-state index contributed by atoms with van der Waals surface area (Å²) in [7, 11) is 0. The van der Waals surface area contributed by atoms with Gasteiger partial charge in [-0.1, -0.05) is 6.42 Å². The van der Waals surface area contributed by atoms with Crippen molar-refractivity contribution in [1.29, 1.82) is 0 Å². The SMILES string of the molecule is O=C(CCOC1CCNCC1)NC1CCCC1C(=O)O. The second-order valence-electron chi connectivity index (χ2n) is 5.62. The fourth-order valence-corrected chi connectivity index (χ4v) is 2.99. The minimum Gasteiger partial charge on any atom is -0.481 e. The van der Waals surface area contributed by atoms with E-state index in [0.29, 0.717) is 19.4 Å². The van der Waals surface area contributed by atoms with E-state index in [0.717, 1.165) is 38.8 Å². The number of carbonyl (C=O) groups is 2. The van der Waals surface area contributed by atoms with Crippen LogP contribution in [0.5, 0.6) is 0 Å². The van der Waals surface area contributed by atoms with Gasteiger partial charge in [0, 0.05) is 12.5 Å². The first kappa shape index (κ1) is 15.3. The number of hydrogen-bond acceptors (Lipinski definition) is 4. The van der Waals surface area contributed by atoms with Crippen molar-refractivity contribution >= 4 is 11.9 Å². The summed E-state index contributed by atoms with van der Waals surface area (Å²) in [6.07, 6.45) is 4.84. The average Bonchev–Trinajstić information content (AvgIpc) is 2.88. The third kappa shape index (κ3) is 4.45. The highest BCUT2D eigenvalue weighted by Crippen LogP contribution is 2.25. The molecule has 0 bridgehead atoms. The molecule has 1 saturated carbocycles. The molecule has 0 aromatic heterocycles. The lowest BCUT2D eigenvalue weighted by Gasteiger charge is -2.23. The van der Waals surface area contributed by atoms with Crippen LogP contribution < -0.4 is 10.6 Å². The molecule has 1 aliphatic heterocycles. The Bertz CT molecular complexity index is 342. The number of nitrogens with one attached hydrogen (secondary N) is 2. The number of rotatable bonds is 6. The summed E-state index contributed by atoms with van der Waals surface area (Å²) in [4.78, 5) is 22.8. The highest BCUT2D eigenvalue weighted by molar-refractivity contribution is 5.78. The van der Waals surface area contributed by atoms with Gasteiger partial charge in [0.2, 0.25) is 5.91 Å². The third-order valence-electron chi connectivity index (χ3n) is 4.15. The molecule has 0 spiro atoms. The van der Waals surface area contributed by atoms with Crippen LogP contribution in [0.4, 0.5) is 0 Å². The van der Waals surface area contributed by atoms with E-state index in [1.807, 2.05) is 0 Å². The van der Waals surface area contributed by atoms with Gasteiger partial charge in [0.05, 0.1) is 18.6 Å². The molecule has 114 valence electrons.